The van der Waals surface area contributed by atoms with E-state index in [0.717, 1.165) is 0 Å². The van der Waals surface area contributed by atoms with Crippen LogP contribution in [0.3, 0.4) is 0 Å². The third-order valence-electron chi connectivity index (χ3n) is 5.58. The molecule has 11 nitrogen and oxygen atoms in total. The molecule has 4 aromatic rings. The van der Waals surface area contributed by atoms with E-state index in [0.29, 0.717) is 21.6 Å². The molecule has 176 valence electrons. The summed E-state index contributed by atoms with van der Waals surface area (Å²) in [5.74, 6) is -2.50. The molecule has 0 aliphatic carbocycles. The van der Waals surface area contributed by atoms with Gasteiger partial charge in [0.25, 0.3) is 11.8 Å². The minimum Gasteiger partial charge on any atom is -0.433 e. The highest BCUT2D eigenvalue weighted by Crippen LogP contribution is 2.28. The summed E-state index contributed by atoms with van der Waals surface area (Å²) < 4.78 is 6.62. The van der Waals surface area contributed by atoms with E-state index in [2.05, 4.69) is 20.3 Å². The maximum Gasteiger partial charge on any atom is 0.418 e. The fourth-order valence-electron chi connectivity index (χ4n) is 3.87. The highest BCUT2D eigenvalue weighted by molar-refractivity contribution is 6.21. The van der Waals surface area contributed by atoms with E-state index in [1.54, 1.807) is 48.5 Å². The smallest absolute Gasteiger partial charge is 0.418 e. The number of H-pyrrole nitrogens is 1. The first-order valence-corrected chi connectivity index (χ1v) is 10.7. The number of benzene rings is 2. The molecule has 1 unspecified atom stereocenters. The van der Waals surface area contributed by atoms with Crippen LogP contribution in [0.4, 0.5) is 10.7 Å². The lowest BCUT2D eigenvalue weighted by atomic mass is 10.0. The van der Waals surface area contributed by atoms with Crippen LogP contribution >= 0.6 is 0 Å². The Morgan fingerprint density at radius 1 is 1.06 bits per heavy atom. The number of para-hydroxylation sites is 3. The first-order chi connectivity index (χ1) is 16.8. The molecule has 1 aliphatic rings. The summed E-state index contributed by atoms with van der Waals surface area (Å²) in [6.45, 7) is 2.78. The molecule has 0 radical (unpaired) electrons. The Balaban J connectivity index is 1.55. The first kappa shape index (κ1) is 22.0. The predicted octanol–water partition coefficient (Wildman–Crippen LogP) is 2.70. The molecule has 1 saturated heterocycles. The van der Waals surface area contributed by atoms with Gasteiger partial charge >= 0.3 is 6.09 Å². The number of imide groups is 1. The molecule has 1 aliphatic heterocycles. The van der Waals surface area contributed by atoms with Crippen LogP contribution in [0.5, 0.6) is 0 Å². The number of cyclic esters (lactones) is 1. The number of rotatable bonds is 6. The molecule has 3 amide bonds. The second-order valence-electron chi connectivity index (χ2n) is 8.40. The number of imidazole rings is 2. The third kappa shape index (κ3) is 3.82. The molecule has 35 heavy (non-hydrogen) atoms. The van der Waals surface area contributed by atoms with Gasteiger partial charge in [0.1, 0.15) is 5.69 Å². The molecule has 1 fully saturated rings. The van der Waals surface area contributed by atoms with Crippen LogP contribution in [0, 0.1) is 0 Å². The van der Waals surface area contributed by atoms with Crippen LogP contribution in [0.15, 0.2) is 67.1 Å². The maximum absolute atomic E-state index is 13.7. The van der Waals surface area contributed by atoms with Gasteiger partial charge in [-0.1, -0.05) is 30.3 Å². The lowest BCUT2D eigenvalue weighted by molar-refractivity contribution is -0.137. The van der Waals surface area contributed by atoms with E-state index in [1.165, 1.54) is 30.9 Å². The Morgan fingerprint density at radius 3 is 2.46 bits per heavy atom. The van der Waals surface area contributed by atoms with Crippen LogP contribution < -0.4 is 5.32 Å². The van der Waals surface area contributed by atoms with Crippen molar-refractivity contribution in [2.24, 2.45) is 0 Å². The van der Waals surface area contributed by atoms with Crippen molar-refractivity contribution in [2.45, 2.75) is 25.5 Å². The van der Waals surface area contributed by atoms with Crippen molar-refractivity contribution in [3.05, 3.63) is 72.8 Å². The number of hydrogen-bond acceptors (Lipinski definition) is 7. The zero-order valence-corrected chi connectivity index (χ0v) is 18.8. The van der Waals surface area contributed by atoms with Crippen molar-refractivity contribution in [3.63, 3.8) is 0 Å². The van der Waals surface area contributed by atoms with Gasteiger partial charge in [-0.2, -0.15) is 0 Å². The van der Waals surface area contributed by atoms with E-state index < -0.39 is 35.3 Å². The number of ether oxygens (including phenoxy) is 1. The Hall–Kier alpha value is -4.80. The standard InChI is InChI=1S/C24H20N6O5/c1-24(2)21(33)30(23(34)35-24)18(20(32)28-22-26-15-10-6-7-11-16(15)27-22)19(31)17-12-25-13-29(17)14-8-4-3-5-9-14/h3-13,18H,1-2H3,(H2,26,27,28,32). The van der Waals surface area contributed by atoms with E-state index in [9.17, 15) is 19.2 Å². The van der Waals surface area contributed by atoms with Gasteiger partial charge in [-0.3, -0.25) is 24.3 Å². The summed E-state index contributed by atoms with van der Waals surface area (Å²) in [7, 11) is 0. The Morgan fingerprint density at radius 2 is 1.77 bits per heavy atom. The summed E-state index contributed by atoms with van der Waals surface area (Å²) in [6.07, 6.45) is 1.59. The average Bonchev–Trinajstić information content (AvgIpc) is 3.52. The number of carbonyl (C=O) groups is 4. The van der Waals surface area contributed by atoms with Crippen LogP contribution in [0.1, 0.15) is 24.3 Å². The molecule has 0 saturated carbocycles. The van der Waals surface area contributed by atoms with Crippen molar-refractivity contribution in [1.82, 2.24) is 24.4 Å². The minimum atomic E-state index is -1.86. The molecule has 5 rings (SSSR count). The van der Waals surface area contributed by atoms with Gasteiger partial charge in [-0.25, -0.2) is 19.7 Å². The number of aromatic nitrogens is 4. The van der Waals surface area contributed by atoms with E-state index in [4.69, 9.17) is 4.74 Å². The topological polar surface area (TPSA) is 139 Å². The zero-order chi connectivity index (χ0) is 24.7. The number of carbonyl (C=O) groups excluding carboxylic acids is 4. The number of anilines is 1. The predicted molar refractivity (Wildman–Crippen MR) is 124 cm³/mol. The largest absolute Gasteiger partial charge is 0.433 e. The quantitative estimate of drug-likeness (QED) is 0.325. The van der Waals surface area contributed by atoms with Gasteiger partial charge in [0.15, 0.2) is 11.6 Å². The minimum absolute atomic E-state index is 0.00580. The van der Waals surface area contributed by atoms with Crippen LogP contribution in [-0.2, 0) is 14.3 Å². The number of hydrogen-bond donors (Lipinski definition) is 2. The van der Waals surface area contributed by atoms with E-state index in [1.807, 2.05) is 6.07 Å². The maximum atomic E-state index is 13.7. The molecule has 1 atom stereocenters. The molecular formula is C24H20N6O5. The Kier molecular flexibility index (Phi) is 5.16. The number of nitrogens with zero attached hydrogens (tertiary/aromatic N) is 4. The summed E-state index contributed by atoms with van der Waals surface area (Å²) in [5, 5.41) is 2.52. The van der Waals surface area contributed by atoms with Crippen LogP contribution in [0.2, 0.25) is 0 Å². The van der Waals surface area contributed by atoms with Gasteiger partial charge in [0, 0.05) is 5.69 Å². The number of aromatic amines is 1. The Labute approximate surface area is 198 Å². The highest BCUT2D eigenvalue weighted by Gasteiger charge is 2.54. The number of ketones is 1. The third-order valence-corrected chi connectivity index (χ3v) is 5.58. The number of amides is 3. The van der Waals surface area contributed by atoms with E-state index >= 15 is 0 Å². The number of Topliss-reactive ketones (excluding diaryl/α,β-unsaturated/α-hetero) is 1. The van der Waals surface area contributed by atoms with Gasteiger partial charge in [-0.05, 0) is 38.1 Å². The first-order valence-electron chi connectivity index (χ1n) is 10.7. The lowest BCUT2D eigenvalue weighted by Gasteiger charge is -2.23. The molecule has 3 heterocycles. The summed E-state index contributed by atoms with van der Waals surface area (Å²) in [6, 6.07) is 14.1. The van der Waals surface area contributed by atoms with Crippen molar-refractivity contribution in [1.29, 1.82) is 0 Å². The lowest BCUT2D eigenvalue weighted by Crippen LogP contribution is -2.53. The summed E-state index contributed by atoms with van der Waals surface area (Å²) in [4.78, 5) is 64.7. The van der Waals surface area contributed by atoms with Gasteiger partial charge < -0.3 is 9.72 Å². The van der Waals surface area contributed by atoms with Gasteiger partial charge in [0.05, 0.1) is 23.6 Å². The van der Waals surface area contributed by atoms with Crippen LogP contribution in [-0.4, -0.2) is 59.8 Å². The summed E-state index contributed by atoms with van der Waals surface area (Å²) >= 11 is 0. The normalized spacial score (nSPS) is 15.8. The van der Waals surface area contributed by atoms with Gasteiger partial charge in [0.2, 0.25) is 11.7 Å². The van der Waals surface area contributed by atoms with Crippen molar-refractivity contribution < 1.29 is 23.9 Å². The van der Waals surface area contributed by atoms with Crippen molar-refractivity contribution in [3.8, 4) is 5.69 Å². The molecule has 0 bridgehead atoms. The Bertz CT molecular complexity index is 1440. The van der Waals surface area contributed by atoms with Crippen LogP contribution in [0.25, 0.3) is 16.7 Å². The fourth-order valence-corrected chi connectivity index (χ4v) is 3.87. The number of nitrogens with one attached hydrogen (secondary N) is 2. The van der Waals surface area contributed by atoms with Crippen molar-refractivity contribution >= 4 is 40.7 Å². The monoisotopic (exact) mass is 472 g/mol. The summed E-state index contributed by atoms with van der Waals surface area (Å²) in [5.41, 5.74) is 0.331. The second kappa shape index (κ2) is 8.20. The second-order valence-corrected chi connectivity index (χ2v) is 8.40. The zero-order valence-electron chi connectivity index (χ0n) is 18.8. The highest BCUT2D eigenvalue weighted by atomic mass is 16.6. The molecule has 2 aromatic heterocycles. The molecular weight excluding hydrogens is 452 g/mol. The fraction of sp³-hybridized carbons (Fsp3) is 0.167. The average molecular weight is 472 g/mol. The molecule has 2 N–H and O–H groups in total. The van der Waals surface area contributed by atoms with E-state index in [-0.39, 0.29) is 11.6 Å². The SMILES string of the molecule is CC1(C)OC(=O)N(C(C(=O)Nc2nc3ccccc3[nH]2)C(=O)c2cncn2-c2ccccc2)C1=O. The van der Waals surface area contributed by atoms with Gasteiger partial charge in [-0.15, -0.1) is 0 Å². The molecule has 2 aromatic carbocycles. The molecule has 0 spiro atoms. The number of fused-ring (bicyclic) bond motifs is 1. The van der Waals surface area contributed by atoms with Crippen molar-refractivity contribution in [2.75, 3.05) is 5.32 Å². The molecule has 11 heteroatoms.